The van der Waals surface area contributed by atoms with E-state index >= 15 is 0 Å². The number of rotatable bonds is 7. The molecule has 224 valence electrons. The van der Waals surface area contributed by atoms with Gasteiger partial charge in [-0.25, -0.2) is 9.97 Å². The van der Waals surface area contributed by atoms with Crippen molar-refractivity contribution in [3.05, 3.63) is 130 Å². The van der Waals surface area contributed by atoms with Crippen LogP contribution >= 0.6 is 23.2 Å². The first-order valence-electron chi connectivity index (χ1n) is 15.0. The maximum Gasteiger partial charge on any atom is 0.145 e. The van der Waals surface area contributed by atoms with Crippen LogP contribution in [0, 0.1) is 11.3 Å². The summed E-state index contributed by atoms with van der Waals surface area (Å²) in [6.45, 7) is 8.22. The van der Waals surface area contributed by atoms with Gasteiger partial charge in [0.05, 0.1) is 29.4 Å². The fourth-order valence-electron chi connectivity index (χ4n) is 5.61. The Bertz CT molecular complexity index is 1710. The predicted octanol–water partition coefficient (Wildman–Crippen LogP) is 8.79. The van der Waals surface area contributed by atoms with E-state index in [0.717, 1.165) is 65.1 Å². The Hall–Kier alpha value is -3.99. The molecule has 44 heavy (non-hydrogen) atoms. The van der Waals surface area contributed by atoms with Crippen molar-refractivity contribution in [1.29, 1.82) is 5.26 Å². The number of allylic oxidation sites excluding steroid dienone is 5. The van der Waals surface area contributed by atoms with Crippen molar-refractivity contribution in [2.45, 2.75) is 32.9 Å². The number of piperazine rings is 1. The summed E-state index contributed by atoms with van der Waals surface area (Å²) in [7, 11) is 0. The van der Waals surface area contributed by atoms with Gasteiger partial charge in [0.1, 0.15) is 17.7 Å². The van der Waals surface area contributed by atoms with E-state index in [1.54, 1.807) is 6.07 Å². The third-order valence-electron chi connectivity index (χ3n) is 7.71. The number of fused-ring (bicyclic) bond motifs is 1. The lowest BCUT2D eigenvalue weighted by atomic mass is 9.93. The summed E-state index contributed by atoms with van der Waals surface area (Å²) in [6.07, 6.45) is 9.09. The van der Waals surface area contributed by atoms with E-state index in [1.165, 1.54) is 11.1 Å². The highest BCUT2D eigenvalue weighted by molar-refractivity contribution is 6.31. The molecule has 1 atom stereocenters. The number of nitrogens with zero attached hydrogens (tertiary/aromatic N) is 5. The van der Waals surface area contributed by atoms with Gasteiger partial charge in [-0.15, -0.1) is 0 Å². The van der Waals surface area contributed by atoms with Gasteiger partial charge in [-0.05, 0) is 66.1 Å². The second-order valence-corrected chi connectivity index (χ2v) is 11.3. The van der Waals surface area contributed by atoms with Crippen LogP contribution < -0.4 is 5.32 Å². The van der Waals surface area contributed by atoms with Gasteiger partial charge in [-0.3, -0.25) is 9.80 Å². The number of benzene rings is 3. The number of nitrogens with one attached hydrogen (secondary N) is 1. The number of hydrogen-bond acceptors (Lipinski definition) is 6. The van der Waals surface area contributed by atoms with E-state index in [4.69, 9.17) is 33.2 Å². The van der Waals surface area contributed by atoms with E-state index in [0.29, 0.717) is 17.9 Å². The van der Waals surface area contributed by atoms with E-state index in [9.17, 15) is 5.26 Å². The van der Waals surface area contributed by atoms with Crippen LogP contribution in [0.1, 0.15) is 43.3 Å². The summed E-state index contributed by atoms with van der Waals surface area (Å²) in [5.41, 5.74) is 4.72. The minimum Gasteiger partial charge on any atom is -0.339 e. The Morgan fingerprint density at radius 1 is 0.886 bits per heavy atom. The number of nitriles is 1. The van der Waals surface area contributed by atoms with Gasteiger partial charge >= 0.3 is 0 Å². The molecule has 6 nitrogen and oxygen atoms in total. The molecule has 3 aromatic carbocycles. The van der Waals surface area contributed by atoms with Gasteiger partial charge in [0, 0.05) is 41.6 Å². The van der Waals surface area contributed by atoms with Crippen molar-refractivity contribution in [2.24, 2.45) is 0 Å². The van der Waals surface area contributed by atoms with E-state index < -0.39 is 0 Å². The van der Waals surface area contributed by atoms with Crippen molar-refractivity contribution >= 4 is 45.6 Å². The molecule has 2 heterocycles. The maximum absolute atomic E-state index is 9.58. The molecule has 6 rings (SSSR count). The average Bonchev–Trinajstić information content (AvgIpc) is 3.28. The van der Waals surface area contributed by atoms with Crippen molar-refractivity contribution in [1.82, 2.24) is 19.8 Å². The molecule has 4 aromatic rings. The Kier molecular flexibility index (Phi) is 10.8. The third-order valence-corrected chi connectivity index (χ3v) is 8.22. The summed E-state index contributed by atoms with van der Waals surface area (Å²) in [5.74, 6) is 1.46. The first-order chi connectivity index (χ1) is 21.6. The summed E-state index contributed by atoms with van der Waals surface area (Å²) in [6, 6.07) is 26.0. The Labute approximate surface area is 269 Å². The van der Waals surface area contributed by atoms with Crippen LogP contribution in [0.4, 0.5) is 11.5 Å². The Morgan fingerprint density at radius 2 is 1.61 bits per heavy atom. The molecule has 1 unspecified atom stereocenters. The molecule has 0 saturated carbocycles. The molecule has 1 N–H and O–H groups in total. The minimum atomic E-state index is 0.140. The zero-order valence-corrected chi connectivity index (χ0v) is 26.6. The van der Waals surface area contributed by atoms with E-state index in [1.807, 2.05) is 80.6 Å². The summed E-state index contributed by atoms with van der Waals surface area (Å²) >= 11 is 12.5. The van der Waals surface area contributed by atoms with E-state index in [2.05, 4.69) is 45.5 Å². The lowest BCUT2D eigenvalue weighted by molar-refractivity contribution is 0.101. The number of hydrogen-bond donors (Lipinski definition) is 1. The van der Waals surface area contributed by atoms with Crippen molar-refractivity contribution in [3.8, 4) is 6.07 Å². The zero-order valence-electron chi connectivity index (χ0n) is 25.0. The fraction of sp³-hybridized carbons (Fsp3) is 0.250. The predicted molar refractivity (Wildman–Crippen MR) is 182 cm³/mol. The van der Waals surface area contributed by atoms with Crippen LogP contribution in [-0.2, 0) is 6.54 Å². The Balaban J connectivity index is 0.00000188. The number of anilines is 2. The van der Waals surface area contributed by atoms with Crippen LogP contribution in [-0.4, -0.2) is 45.9 Å². The third kappa shape index (κ3) is 7.56. The molecule has 1 fully saturated rings. The molecule has 8 heteroatoms. The molecule has 0 spiro atoms. The standard InChI is InChI=1S/C34H30Cl2N6.C2H6/c35-27-8-5-7-24(12-15-27)33(25-13-16-28(36)17-14-25)42-20-18-41(19-21-42)23-32-38-31-11-4-2-9-29(31)34(40-32)39-30-10-3-1-6-26(30)22-37;1-2/h1-6,8-17,33H,7,18-21,23H2,(H,38,39,40);1-2H3. The molecule has 2 aliphatic rings. The average molecular weight is 624 g/mol. The SMILES string of the molecule is CC.N#Cc1ccccc1Nc1nc(CN2CCN(C(C3=CC=C(Cl)C=CC3)c3ccc(Cl)cc3)CC2)nc2ccccc12. The van der Waals surface area contributed by atoms with Gasteiger partial charge < -0.3 is 5.32 Å². The molecule has 0 bridgehead atoms. The first-order valence-corrected chi connectivity index (χ1v) is 15.8. The normalized spacial score (nSPS) is 16.2. The molecule has 1 saturated heterocycles. The largest absolute Gasteiger partial charge is 0.339 e. The van der Waals surface area contributed by atoms with Crippen LogP contribution in [0.2, 0.25) is 5.02 Å². The lowest BCUT2D eigenvalue weighted by Crippen LogP contribution is -2.47. The highest BCUT2D eigenvalue weighted by Gasteiger charge is 2.28. The zero-order chi connectivity index (χ0) is 30.9. The van der Waals surface area contributed by atoms with Gasteiger partial charge in [-0.2, -0.15) is 5.26 Å². The molecule has 1 aromatic heterocycles. The monoisotopic (exact) mass is 622 g/mol. The van der Waals surface area contributed by atoms with Crippen molar-refractivity contribution in [3.63, 3.8) is 0 Å². The lowest BCUT2D eigenvalue weighted by Gasteiger charge is -2.40. The number of aromatic nitrogens is 2. The number of para-hydroxylation sites is 2. The smallest absolute Gasteiger partial charge is 0.145 e. The first kappa shape index (κ1) is 31.4. The molecular formula is C36H36Cl2N6. The fourth-order valence-corrected chi connectivity index (χ4v) is 5.89. The van der Waals surface area contributed by atoms with Crippen LogP contribution in [0.25, 0.3) is 10.9 Å². The Morgan fingerprint density at radius 3 is 2.39 bits per heavy atom. The van der Waals surface area contributed by atoms with Gasteiger partial charge in [-0.1, -0.05) is 85.6 Å². The highest BCUT2D eigenvalue weighted by atomic mass is 35.5. The quantitative estimate of drug-likeness (QED) is 0.222. The second-order valence-electron chi connectivity index (χ2n) is 10.5. The van der Waals surface area contributed by atoms with Gasteiger partial charge in [0.2, 0.25) is 0 Å². The number of halogens is 2. The van der Waals surface area contributed by atoms with Crippen LogP contribution in [0.3, 0.4) is 0 Å². The van der Waals surface area contributed by atoms with Crippen molar-refractivity contribution < 1.29 is 0 Å². The second kappa shape index (κ2) is 15.1. The molecular weight excluding hydrogens is 587 g/mol. The van der Waals surface area contributed by atoms with Crippen LogP contribution in [0.15, 0.2) is 108 Å². The van der Waals surface area contributed by atoms with E-state index in [-0.39, 0.29) is 6.04 Å². The molecule has 0 amide bonds. The summed E-state index contributed by atoms with van der Waals surface area (Å²) < 4.78 is 0. The van der Waals surface area contributed by atoms with Crippen molar-refractivity contribution in [2.75, 3.05) is 31.5 Å². The minimum absolute atomic E-state index is 0.140. The summed E-state index contributed by atoms with van der Waals surface area (Å²) in [5, 5.41) is 15.4. The summed E-state index contributed by atoms with van der Waals surface area (Å²) in [4.78, 5) is 14.8. The molecule has 0 radical (unpaired) electrons. The van der Waals surface area contributed by atoms with Gasteiger partial charge in [0.15, 0.2) is 0 Å². The maximum atomic E-state index is 9.58. The molecule has 1 aliphatic carbocycles. The van der Waals surface area contributed by atoms with Gasteiger partial charge in [0.25, 0.3) is 0 Å². The molecule has 1 aliphatic heterocycles. The van der Waals surface area contributed by atoms with Crippen LogP contribution in [0.5, 0.6) is 0 Å². The highest BCUT2D eigenvalue weighted by Crippen LogP contribution is 2.34. The topological polar surface area (TPSA) is 68.1 Å².